The van der Waals surface area contributed by atoms with Gasteiger partial charge >= 0.3 is 0 Å². The van der Waals surface area contributed by atoms with Gasteiger partial charge in [0.2, 0.25) is 5.13 Å². The summed E-state index contributed by atoms with van der Waals surface area (Å²) < 4.78 is 4.33. The van der Waals surface area contributed by atoms with E-state index in [0.717, 1.165) is 30.3 Å². The average molecular weight is 246 g/mol. The Hall–Kier alpha value is -0.350. The Kier molecular flexibility index (Phi) is 3.81. The minimum absolute atomic E-state index is 0.197. The largest absolute Gasteiger partial charge is 0.359 e. The number of aromatic nitrogens is 2. The predicted octanol–water partition coefficient (Wildman–Crippen LogP) is 3.23. The smallest absolute Gasteiger partial charge is 0.202 e. The van der Waals surface area contributed by atoms with E-state index >= 15 is 0 Å². The molecule has 1 N–H and O–H groups in total. The van der Waals surface area contributed by atoms with E-state index < -0.39 is 0 Å². The van der Waals surface area contributed by atoms with Crippen LogP contribution in [0.1, 0.15) is 44.3 Å². The minimum atomic E-state index is 0.197. The van der Waals surface area contributed by atoms with Crippen LogP contribution in [0.25, 0.3) is 0 Å². The molecule has 0 spiro atoms. The molecule has 0 aliphatic heterocycles. The van der Waals surface area contributed by atoms with Gasteiger partial charge in [0.25, 0.3) is 0 Å². The monoisotopic (exact) mass is 245 g/mol. The van der Waals surface area contributed by atoms with E-state index in [1.165, 1.54) is 24.4 Å². The first-order chi connectivity index (χ1) is 7.29. The highest BCUT2D eigenvalue weighted by molar-refractivity contribution is 7.09. The van der Waals surface area contributed by atoms with Gasteiger partial charge in [-0.1, -0.05) is 13.3 Å². The molecule has 5 heteroatoms. The van der Waals surface area contributed by atoms with Crippen LogP contribution in [0, 0.1) is 0 Å². The number of nitrogens with one attached hydrogen (secondary N) is 1. The van der Waals surface area contributed by atoms with Crippen LogP contribution in [0.3, 0.4) is 0 Å². The van der Waals surface area contributed by atoms with Crippen molar-refractivity contribution >= 4 is 28.3 Å². The van der Waals surface area contributed by atoms with Gasteiger partial charge in [-0.25, -0.2) is 4.98 Å². The molecular formula is C10H16ClN3S. The van der Waals surface area contributed by atoms with Crippen molar-refractivity contribution in [2.75, 3.05) is 11.9 Å². The summed E-state index contributed by atoms with van der Waals surface area (Å²) in [5.74, 6) is 1.66. The molecule has 1 fully saturated rings. The van der Waals surface area contributed by atoms with Crippen LogP contribution < -0.4 is 5.32 Å². The highest BCUT2D eigenvalue weighted by Crippen LogP contribution is 2.39. The maximum Gasteiger partial charge on any atom is 0.202 e. The third-order valence-electron chi connectivity index (χ3n) is 2.46. The van der Waals surface area contributed by atoms with Crippen molar-refractivity contribution in [1.29, 1.82) is 0 Å². The summed E-state index contributed by atoms with van der Waals surface area (Å²) in [4.78, 5) is 4.44. The number of alkyl halides is 1. The first-order valence-corrected chi connectivity index (χ1v) is 6.72. The Labute approximate surface area is 99.4 Å². The summed E-state index contributed by atoms with van der Waals surface area (Å²) in [5, 5.41) is 4.36. The van der Waals surface area contributed by atoms with Gasteiger partial charge in [0.1, 0.15) is 5.82 Å². The molecule has 0 radical (unpaired) electrons. The van der Waals surface area contributed by atoms with Crippen LogP contribution in [0.2, 0.25) is 0 Å². The molecule has 1 heterocycles. The minimum Gasteiger partial charge on any atom is -0.359 e. The molecular weight excluding hydrogens is 230 g/mol. The molecule has 3 nitrogen and oxygen atoms in total. The van der Waals surface area contributed by atoms with Crippen LogP contribution >= 0.6 is 23.1 Å². The average Bonchev–Trinajstić information content (AvgIpc) is 2.96. The van der Waals surface area contributed by atoms with Crippen molar-refractivity contribution in [3.63, 3.8) is 0 Å². The lowest BCUT2D eigenvalue weighted by Crippen LogP contribution is -2.13. The second kappa shape index (κ2) is 5.12. The van der Waals surface area contributed by atoms with Crippen molar-refractivity contribution in [2.45, 2.75) is 43.9 Å². The summed E-state index contributed by atoms with van der Waals surface area (Å²) >= 11 is 7.55. The van der Waals surface area contributed by atoms with Crippen molar-refractivity contribution < 1.29 is 0 Å². The molecule has 1 atom stereocenters. The molecule has 1 aromatic heterocycles. The molecule has 0 amide bonds. The number of hydrogen-bond acceptors (Lipinski definition) is 4. The Balaban J connectivity index is 1.77. The van der Waals surface area contributed by atoms with E-state index in [4.69, 9.17) is 11.6 Å². The normalized spacial score (nSPS) is 17.7. The van der Waals surface area contributed by atoms with E-state index in [1.807, 2.05) is 0 Å². The lowest BCUT2D eigenvalue weighted by atomic mass is 10.2. The zero-order chi connectivity index (χ0) is 10.7. The van der Waals surface area contributed by atoms with Gasteiger partial charge in [-0.15, -0.1) is 11.6 Å². The van der Waals surface area contributed by atoms with Gasteiger partial charge in [0.15, 0.2) is 0 Å². The fraction of sp³-hybridized carbons (Fsp3) is 0.800. The zero-order valence-corrected chi connectivity index (χ0v) is 10.4. The van der Waals surface area contributed by atoms with Crippen molar-refractivity contribution in [3.05, 3.63) is 5.82 Å². The van der Waals surface area contributed by atoms with Crippen LogP contribution in [0.15, 0.2) is 0 Å². The van der Waals surface area contributed by atoms with Crippen LogP contribution in [-0.2, 0) is 0 Å². The molecule has 1 aliphatic carbocycles. The Morgan fingerprint density at radius 1 is 1.60 bits per heavy atom. The molecule has 1 unspecified atom stereocenters. The fourth-order valence-electron chi connectivity index (χ4n) is 1.43. The van der Waals surface area contributed by atoms with Gasteiger partial charge in [-0.2, -0.15) is 4.37 Å². The highest BCUT2D eigenvalue weighted by Gasteiger charge is 2.27. The van der Waals surface area contributed by atoms with E-state index in [0.29, 0.717) is 5.92 Å². The maximum absolute atomic E-state index is 6.11. The molecule has 1 aliphatic rings. The van der Waals surface area contributed by atoms with Crippen LogP contribution in [0.5, 0.6) is 0 Å². The van der Waals surface area contributed by atoms with Gasteiger partial charge in [0.05, 0.1) is 5.38 Å². The molecule has 0 aromatic carbocycles. The maximum atomic E-state index is 6.11. The second-order valence-electron chi connectivity index (χ2n) is 4.00. The van der Waals surface area contributed by atoms with Crippen molar-refractivity contribution in [3.8, 4) is 0 Å². The summed E-state index contributed by atoms with van der Waals surface area (Å²) in [6.45, 7) is 2.93. The van der Waals surface area contributed by atoms with Crippen molar-refractivity contribution in [2.24, 2.45) is 0 Å². The van der Waals surface area contributed by atoms with Gasteiger partial charge in [-0.05, 0) is 19.3 Å². The van der Waals surface area contributed by atoms with Crippen LogP contribution in [0.4, 0.5) is 5.13 Å². The standard InChI is InChI=1S/C10H16ClN3S/c1-2-3-8(11)6-12-10-13-9(14-15-10)7-4-5-7/h7-8H,2-6H2,1H3,(H,12,13,14). The number of halogens is 1. The zero-order valence-electron chi connectivity index (χ0n) is 8.87. The fourth-order valence-corrected chi connectivity index (χ4v) is 2.37. The third kappa shape index (κ3) is 3.31. The lowest BCUT2D eigenvalue weighted by Gasteiger charge is -2.07. The molecule has 0 saturated heterocycles. The summed E-state index contributed by atoms with van der Waals surface area (Å²) in [6, 6.07) is 0. The van der Waals surface area contributed by atoms with E-state index in [-0.39, 0.29) is 5.38 Å². The number of rotatable bonds is 6. The third-order valence-corrected chi connectivity index (χ3v) is 3.52. The Bertz CT molecular complexity index is 311. The topological polar surface area (TPSA) is 37.8 Å². The first kappa shape index (κ1) is 11.1. The molecule has 1 aromatic rings. The van der Waals surface area contributed by atoms with Gasteiger partial charge in [-0.3, -0.25) is 0 Å². The Morgan fingerprint density at radius 3 is 3.07 bits per heavy atom. The first-order valence-electron chi connectivity index (χ1n) is 5.51. The van der Waals surface area contributed by atoms with E-state index in [1.54, 1.807) is 0 Å². The van der Waals surface area contributed by atoms with E-state index in [9.17, 15) is 0 Å². The number of nitrogens with zero attached hydrogens (tertiary/aromatic N) is 2. The summed E-state index contributed by atoms with van der Waals surface area (Å²) in [7, 11) is 0. The van der Waals surface area contributed by atoms with Gasteiger partial charge < -0.3 is 5.32 Å². The van der Waals surface area contributed by atoms with Crippen LogP contribution in [-0.4, -0.2) is 21.3 Å². The predicted molar refractivity (Wildman–Crippen MR) is 64.9 cm³/mol. The number of anilines is 1. The number of hydrogen-bond donors (Lipinski definition) is 1. The van der Waals surface area contributed by atoms with Gasteiger partial charge in [0, 0.05) is 24.0 Å². The molecule has 15 heavy (non-hydrogen) atoms. The van der Waals surface area contributed by atoms with E-state index in [2.05, 4.69) is 21.6 Å². The second-order valence-corrected chi connectivity index (χ2v) is 5.37. The molecule has 84 valence electrons. The summed E-state index contributed by atoms with van der Waals surface area (Å²) in [6.07, 6.45) is 4.68. The molecule has 0 bridgehead atoms. The summed E-state index contributed by atoms with van der Waals surface area (Å²) in [5.41, 5.74) is 0. The SMILES string of the molecule is CCCC(Cl)CNc1nc(C2CC2)ns1. The molecule has 2 rings (SSSR count). The molecule has 1 saturated carbocycles. The van der Waals surface area contributed by atoms with Crippen molar-refractivity contribution in [1.82, 2.24) is 9.36 Å². The highest BCUT2D eigenvalue weighted by atomic mass is 35.5. The Morgan fingerprint density at radius 2 is 2.40 bits per heavy atom. The quantitative estimate of drug-likeness (QED) is 0.782. The lowest BCUT2D eigenvalue weighted by molar-refractivity contribution is 0.751.